The minimum atomic E-state index is -0.123. The van der Waals surface area contributed by atoms with Crippen molar-refractivity contribution in [1.82, 2.24) is 10.6 Å². The highest BCUT2D eigenvalue weighted by molar-refractivity contribution is 5.75. The Morgan fingerprint density at radius 2 is 2.00 bits per heavy atom. The fraction of sp³-hybridized carbons (Fsp3) is 0.588. The Morgan fingerprint density at radius 3 is 2.71 bits per heavy atom. The van der Waals surface area contributed by atoms with E-state index in [1.54, 1.807) is 0 Å². The summed E-state index contributed by atoms with van der Waals surface area (Å²) < 4.78 is 0. The number of urea groups is 1. The molecule has 0 aromatic heterocycles. The van der Waals surface area contributed by atoms with Crippen LogP contribution in [0.5, 0.6) is 0 Å². The highest BCUT2D eigenvalue weighted by Crippen LogP contribution is 2.48. The number of rotatable bonds is 4. The summed E-state index contributed by atoms with van der Waals surface area (Å²) in [7, 11) is 0. The van der Waals surface area contributed by atoms with Gasteiger partial charge in [-0.25, -0.2) is 4.79 Å². The first-order valence-electron chi connectivity index (χ1n) is 7.92. The summed E-state index contributed by atoms with van der Waals surface area (Å²) in [6.07, 6.45) is 3.54. The van der Waals surface area contributed by atoms with Gasteiger partial charge in [0.05, 0.1) is 6.04 Å². The number of aliphatic hydroxyl groups excluding tert-OH is 1. The molecule has 0 radical (unpaired) electrons. The van der Waals surface area contributed by atoms with Crippen LogP contribution in [0.2, 0.25) is 0 Å². The highest BCUT2D eigenvalue weighted by atomic mass is 16.3. The Bertz CT molecular complexity index is 491. The Hall–Kier alpha value is -1.55. The average Bonchev–Trinajstić information content (AvgIpc) is 3.09. The van der Waals surface area contributed by atoms with Gasteiger partial charge in [-0.15, -0.1) is 0 Å². The molecule has 5 atom stereocenters. The van der Waals surface area contributed by atoms with Crippen molar-refractivity contribution in [1.29, 1.82) is 0 Å². The third kappa shape index (κ3) is 2.91. The fourth-order valence-electron chi connectivity index (χ4n) is 4.11. The number of amides is 2. The van der Waals surface area contributed by atoms with Crippen molar-refractivity contribution in [3.05, 3.63) is 35.9 Å². The van der Waals surface area contributed by atoms with Gasteiger partial charge in [-0.2, -0.15) is 0 Å². The van der Waals surface area contributed by atoms with Crippen LogP contribution in [-0.4, -0.2) is 23.8 Å². The van der Waals surface area contributed by atoms with E-state index < -0.39 is 0 Å². The van der Waals surface area contributed by atoms with Crippen molar-refractivity contribution in [2.24, 2.45) is 17.8 Å². The first-order valence-corrected chi connectivity index (χ1v) is 7.92. The lowest BCUT2D eigenvalue weighted by molar-refractivity contribution is 0.144. The molecule has 114 valence electrons. The molecule has 0 spiro atoms. The summed E-state index contributed by atoms with van der Waals surface area (Å²) in [6, 6.07) is 9.94. The maximum Gasteiger partial charge on any atom is 0.315 e. The topological polar surface area (TPSA) is 61.4 Å². The Kier molecular flexibility index (Phi) is 4.15. The van der Waals surface area contributed by atoms with Gasteiger partial charge in [-0.1, -0.05) is 30.3 Å². The molecular weight excluding hydrogens is 264 g/mol. The van der Waals surface area contributed by atoms with Crippen molar-refractivity contribution in [2.45, 2.75) is 38.3 Å². The van der Waals surface area contributed by atoms with E-state index in [1.165, 1.54) is 12.8 Å². The number of fused-ring (bicyclic) bond motifs is 2. The number of aliphatic hydroxyl groups is 1. The first-order chi connectivity index (χ1) is 10.2. The van der Waals surface area contributed by atoms with Gasteiger partial charge in [0.1, 0.15) is 0 Å². The van der Waals surface area contributed by atoms with Crippen LogP contribution in [0.3, 0.4) is 0 Å². The molecule has 3 rings (SSSR count). The molecule has 2 amide bonds. The van der Waals surface area contributed by atoms with Crippen LogP contribution in [0.1, 0.15) is 37.8 Å². The van der Waals surface area contributed by atoms with Gasteiger partial charge in [0.2, 0.25) is 0 Å². The minimum Gasteiger partial charge on any atom is -0.396 e. The molecular formula is C17H24N2O2. The van der Waals surface area contributed by atoms with Gasteiger partial charge >= 0.3 is 6.03 Å². The molecule has 0 aliphatic heterocycles. The van der Waals surface area contributed by atoms with Crippen molar-refractivity contribution in [3.63, 3.8) is 0 Å². The van der Waals surface area contributed by atoms with Gasteiger partial charge in [0.25, 0.3) is 0 Å². The van der Waals surface area contributed by atoms with Crippen molar-refractivity contribution < 1.29 is 9.90 Å². The Balaban J connectivity index is 1.57. The largest absolute Gasteiger partial charge is 0.396 e. The normalized spacial score (nSPS) is 31.9. The second-order valence-electron chi connectivity index (χ2n) is 6.46. The molecule has 0 heterocycles. The van der Waals surface area contributed by atoms with Crippen LogP contribution >= 0.6 is 0 Å². The number of hydrogen-bond donors (Lipinski definition) is 3. The summed E-state index contributed by atoms with van der Waals surface area (Å²) in [5.41, 5.74) is 1.10. The van der Waals surface area contributed by atoms with Crippen molar-refractivity contribution in [3.8, 4) is 0 Å². The van der Waals surface area contributed by atoms with Gasteiger partial charge in [0.15, 0.2) is 0 Å². The summed E-state index contributed by atoms with van der Waals surface area (Å²) in [6.45, 7) is 2.17. The van der Waals surface area contributed by atoms with E-state index in [0.29, 0.717) is 11.8 Å². The number of carbonyl (C=O) groups is 1. The third-order valence-electron chi connectivity index (χ3n) is 5.24. The summed E-state index contributed by atoms with van der Waals surface area (Å²) >= 11 is 0. The van der Waals surface area contributed by atoms with Crippen LogP contribution in [0, 0.1) is 17.8 Å². The van der Waals surface area contributed by atoms with Crippen molar-refractivity contribution >= 4 is 6.03 Å². The monoisotopic (exact) mass is 288 g/mol. The van der Waals surface area contributed by atoms with Crippen LogP contribution in [0.25, 0.3) is 0 Å². The van der Waals surface area contributed by atoms with Crippen LogP contribution < -0.4 is 10.6 Å². The number of nitrogens with one attached hydrogen (secondary N) is 2. The average molecular weight is 288 g/mol. The second kappa shape index (κ2) is 6.06. The van der Waals surface area contributed by atoms with Gasteiger partial charge in [0, 0.05) is 18.6 Å². The third-order valence-corrected chi connectivity index (χ3v) is 5.24. The number of carbonyl (C=O) groups excluding carboxylic acids is 1. The van der Waals surface area contributed by atoms with Gasteiger partial charge < -0.3 is 15.7 Å². The quantitative estimate of drug-likeness (QED) is 0.797. The lowest BCUT2D eigenvalue weighted by Crippen LogP contribution is -2.49. The van der Waals surface area contributed by atoms with E-state index >= 15 is 0 Å². The van der Waals surface area contributed by atoms with E-state index in [2.05, 4.69) is 10.6 Å². The number of hydrogen-bond acceptors (Lipinski definition) is 2. The zero-order valence-electron chi connectivity index (χ0n) is 12.5. The molecule has 2 fully saturated rings. The molecule has 21 heavy (non-hydrogen) atoms. The molecule has 0 saturated heterocycles. The van der Waals surface area contributed by atoms with Crippen LogP contribution in [0.4, 0.5) is 4.79 Å². The summed E-state index contributed by atoms with van der Waals surface area (Å²) in [5.74, 6) is 1.38. The lowest BCUT2D eigenvalue weighted by Gasteiger charge is -2.31. The minimum absolute atomic E-state index is 0.0163. The van der Waals surface area contributed by atoms with E-state index in [9.17, 15) is 9.90 Å². The fourth-order valence-corrected chi connectivity index (χ4v) is 4.11. The molecule has 2 aliphatic rings. The second-order valence-corrected chi connectivity index (χ2v) is 6.46. The lowest BCUT2D eigenvalue weighted by atomic mass is 9.85. The standard InChI is InChI=1S/C17H24N2O2/c1-11(12-5-3-2-4-6-12)18-17(21)19-16-14-8-7-13(9-14)15(16)10-20/h2-6,11,13-16,20H,7-10H2,1H3,(H2,18,19,21)/t11-,13?,14?,15?,16?/m0/s1. The van der Waals surface area contributed by atoms with E-state index in [4.69, 9.17) is 0 Å². The predicted octanol–water partition coefficient (Wildman–Crippen LogP) is 2.45. The molecule has 3 N–H and O–H groups in total. The molecule has 2 saturated carbocycles. The van der Waals surface area contributed by atoms with E-state index in [1.807, 2.05) is 37.3 Å². The van der Waals surface area contributed by atoms with Gasteiger partial charge in [-0.3, -0.25) is 0 Å². The maximum absolute atomic E-state index is 12.2. The molecule has 4 nitrogen and oxygen atoms in total. The number of benzene rings is 1. The van der Waals surface area contributed by atoms with E-state index in [-0.39, 0.29) is 30.6 Å². The molecule has 1 aromatic carbocycles. The molecule has 4 heteroatoms. The van der Waals surface area contributed by atoms with E-state index in [0.717, 1.165) is 12.0 Å². The zero-order chi connectivity index (χ0) is 14.8. The maximum atomic E-state index is 12.2. The molecule has 1 aromatic rings. The van der Waals surface area contributed by atoms with Gasteiger partial charge in [-0.05, 0) is 43.6 Å². The Morgan fingerprint density at radius 1 is 1.29 bits per heavy atom. The van der Waals surface area contributed by atoms with Crippen molar-refractivity contribution in [2.75, 3.05) is 6.61 Å². The molecule has 4 unspecified atom stereocenters. The zero-order valence-corrected chi connectivity index (χ0v) is 12.5. The Labute approximate surface area is 125 Å². The summed E-state index contributed by atoms with van der Waals surface area (Å²) in [4.78, 5) is 12.2. The van der Waals surface area contributed by atoms with Crippen LogP contribution in [-0.2, 0) is 0 Å². The van der Waals surface area contributed by atoms with Crippen LogP contribution in [0.15, 0.2) is 30.3 Å². The highest BCUT2D eigenvalue weighted by Gasteiger charge is 2.47. The SMILES string of the molecule is C[C@H](NC(=O)NC1C2CCC(C2)C1CO)c1ccccc1. The first kappa shape index (κ1) is 14.4. The summed E-state index contributed by atoms with van der Waals surface area (Å²) in [5, 5.41) is 15.7. The predicted molar refractivity (Wildman–Crippen MR) is 81.7 cm³/mol. The molecule has 2 bridgehead atoms. The smallest absolute Gasteiger partial charge is 0.315 e. The molecule has 2 aliphatic carbocycles.